The van der Waals surface area contributed by atoms with Crippen molar-refractivity contribution >= 4 is 21.9 Å². The first-order chi connectivity index (χ1) is 14.6. The van der Waals surface area contributed by atoms with Crippen LogP contribution in [0.2, 0.25) is 0 Å². The molecule has 0 saturated heterocycles. The van der Waals surface area contributed by atoms with Gasteiger partial charge in [-0.3, -0.25) is 4.21 Å². The number of benzene rings is 3. The van der Waals surface area contributed by atoms with E-state index in [0.717, 1.165) is 16.3 Å². The lowest BCUT2D eigenvalue weighted by Gasteiger charge is -2.10. The summed E-state index contributed by atoms with van der Waals surface area (Å²) in [4.78, 5) is 0.367. The Morgan fingerprint density at radius 1 is 0.700 bits per heavy atom. The fourth-order valence-electron chi connectivity index (χ4n) is 3.59. The first kappa shape index (κ1) is 24.3. The first-order valence-electron chi connectivity index (χ1n) is 11.2. The van der Waals surface area contributed by atoms with Crippen LogP contribution in [0.4, 0.5) is 0 Å². The topological polar surface area (TPSA) is 40.1 Å². The number of aryl methyl sites for hydroxylation is 3. The molecule has 0 aliphatic carbocycles. The molecule has 0 saturated carbocycles. The molecule has 162 valence electrons. The van der Waals surface area contributed by atoms with E-state index in [1.54, 1.807) is 12.1 Å². The van der Waals surface area contributed by atoms with Crippen molar-refractivity contribution in [3.8, 4) is 0 Å². The summed E-state index contributed by atoms with van der Waals surface area (Å²) in [5, 5.41) is 1.79. The maximum absolute atomic E-state index is 10.9. The minimum Gasteiger partial charge on any atom is -0.768 e. The second-order valence-electron chi connectivity index (χ2n) is 7.89. The number of hydrogen-bond acceptors (Lipinski definition) is 2. The minimum atomic E-state index is -2.16. The van der Waals surface area contributed by atoms with Gasteiger partial charge in [0, 0.05) is 4.90 Å². The van der Waals surface area contributed by atoms with Gasteiger partial charge in [0.1, 0.15) is 0 Å². The molecular weight excluding hydrogens is 388 g/mol. The van der Waals surface area contributed by atoms with Crippen LogP contribution in [0.1, 0.15) is 69.1 Å². The molecule has 3 heteroatoms. The molecule has 0 spiro atoms. The monoisotopic (exact) mass is 423 g/mol. The third-order valence-corrected chi connectivity index (χ3v) is 6.16. The summed E-state index contributed by atoms with van der Waals surface area (Å²) in [6, 6.07) is 20.2. The Hall–Kier alpha value is -1.97. The highest BCUT2D eigenvalue weighted by Gasteiger charge is 2.01. The molecule has 3 rings (SSSR count). The summed E-state index contributed by atoms with van der Waals surface area (Å²) in [5.74, 6) is 0. The van der Waals surface area contributed by atoms with Crippen molar-refractivity contribution in [3.05, 3.63) is 77.4 Å². The number of hydrogen-bond donors (Lipinski definition) is 0. The molecule has 30 heavy (non-hydrogen) atoms. The Morgan fingerprint density at radius 3 is 1.87 bits per heavy atom. The van der Waals surface area contributed by atoms with Crippen LogP contribution in [-0.2, 0) is 23.9 Å². The van der Waals surface area contributed by atoms with Crippen LogP contribution in [0.5, 0.6) is 0 Å². The molecule has 0 aliphatic heterocycles. The molecule has 0 radical (unpaired) electrons. The van der Waals surface area contributed by atoms with Gasteiger partial charge in [0.25, 0.3) is 0 Å². The first-order valence-corrected chi connectivity index (χ1v) is 12.3. The van der Waals surface area contributed by atoms with Crippen LogP contribution in [-0.4, -0.2) is 8.76 Å². The molecule has 0 amide bonds. The van der Waals surface area contributed by atoms with Crippen LogP contribution in [0.3, 0.4) is 0 Å². The van der Waals surface area contributed by atoms with E-state index in [4.69, 9.17) is 0 Å². The summed E-state index contributed by atoms with van der Waals surface area (Å²) in [7, 11) is 0. The summed E-state index contributed by atoms with van der Waals surface area (Å²) >= 11 is -2.16. The normalized spacial score (nSPS) is 11.7. The molecule has 1 unspecified atom stereocenters. The van der Waals surface area contributed by atoms with Crippen LogP contribution in [0, 0.1) is 6.92 Å². The Balaban J connectivity index is 0.000000215. The van der Waals surface area contributed by atoms with Gasteiger partial charge in [-0.1, -0.05) is 94.1 Å². The highest BCUT2D eigenvalue weighted by molar-refractivity contribution is 7.79. The molecule has 0 heterocycles. The molecule has 1 atom stereocenters. The standard InChI is InChI=1S/C16H26.C11H10O2S/c1-3-5-7-8-10-16-13-11-15(12-14-16)9-6-4-2;1-8-4-2-6-10-9(8)5-3-7-11(10)14(12)13/h11-14H,3-10H2,1-2H3;2-7H,1H3,(H,12,13)/p-1. The Kier molecular flexibility index (Phi) is 10.8. The van der Waals surface area contributed by atoms with Gasteiger partial charge in [0.2, 0.25) is 0 Å². The lowest BCUT2D eigenvalue weighted by Crippen LogP contribution is -1.90. The zero-order chi connectivity index (χ0) is 21.8. The Bertz CT molecular complexity index is 916. The van der Waals surface area contributed by atoms with Crippen molar-refractivity contribution in [2.75, 3.05) is 0 Å². The molecule has 0 aromatic heterocycles. The van der Waals surface area contributed by atoms with E-state index in [1.807, 2.05) is 31.2 Å². The van der Waals surface area contributed by atoms with Crippen molar-refractivity contribution in [1.29, 1.82) is 0 Å². The zero-order valence-corrected chi connectivity index (χ0v) is 19.5. The number of rotatable bonds is 9. The summed E-state index contributed by atoms with van der Waals surface area (Å²) in [5.41, 5.74) is 4.10. The van der Waals surface area contributed by atoms with Crippen molar-refractivity contribution in [2.24, 2.45) is 0 Å². The maximum atomic E-state index is 10.9. The van der Waals surface area contributed by atoms with Gasteiger partial charge < -0.3 is 4.55 Å². The van der Waals surface area contributed by atoms with Gasteiger partial charge in [-0.2, -0.15) is 0 Å². The predicted molar refractivity (Wildman–Crippen MR) is 129 cm³/mol. The minimum absolute atomic E-state index is 0.367. The zero-order valence-electron chi connectivity index (χ0n) is 18.7. The molecule has 3 aromatic carbocycles. The van der Waals surface area contributed by atoms with Crippen LogP contribution < -0.4 is 0 Å². The maximum Gasteiger partial charge on any atom is 0.0327 e. The largest absolute Gasteiger partial charge is 0.768 e. The van der Waals surface area contributed by atoms with Crippen molar-refractivity contribution < 1.29 is 8.76 Å². The summed E-state index contributed by atoms with van der Waals surface area (Å²) in [6.45, 7) is 6.49. The van der Waals surface area contributed by atoms with Gasteiger partial charge >= 0.3 is 0 Å². The van der Waals surface area contributed by atoms with Gasteiger partial charge in [0.15, 0.2) is 0 Å². The SMILES string of the molecule is CCCCCCc1ccc(CCCC)cc1.Cc1cccc2c(S(=O)[O-])cccc12. The third-order valence-electron chi connectivity index (χ3n) is 5.44. The van der Waals surface area contributed by atoms with E-state index >= 15 is 0 Å². The quantitative estimate of drug-likeness (QED) is 0.263. The Morgan fingerprint density at radius 2 is 1.27 bits per heavy atom. The fourth-order valence-corrected chi connectivity index (χ4v) is 4.14. The smallest absolute Gasteiger partial charge is 0.0327 e. The van der Waals surface area contributed by atoms with E-state index in [9.17, 15) is 8.76 Å². The molecule has 0 N–H and O–H groups in total. The average Bonchev–Trinajstić information content (AvgIpc) is 2.76. The van der Waals surface area contributed by atoms with Crippen LogP contribution >= 0.6 is 0 Å². The number of unbranched alkanes of at least 4 members (excludes halogenated alkanes) is 4. The van der Waals surface area contributed by atoms with E-state index in [0.29, 0.717) is 4.90 Å². The molecule has 3 aromatic rings. The molecule has 2 nitrogen and oxygen atoms in total. The van der Waals surface area contributed by atoms with E-state index in [1.165, 1.54) is 62.5 Å². The van der Waals surface area contributed by atoms with E-state index in [-0.39, 0.29) is 0 Å². The molecule has 0 bridgehead atoms. The van der Waals surface area contributed by atoms with Gasteiger partial charge in [-0.15, -0.1) is 0 Å². The Labute approximate surface area is 185 Å². The van der Waals surface area contributed by atoms with Crippen LogP contribution in [0.25, 0.3) is 10.8 Å². The van der Waals surface area contributed by atoms with Gasteiger partial charge in [-0.05, 0) is 77.2 Å². The van der Waals surface area contributed by atoms with Crippen molar-refractivity contribution in [3.63, 3.8) is 0 Å². The summed E-state index contributed by atoms with van der Waals surface area (Å²) in [6.07, 6.45) is 10.6. The lowest BCUT2D eigenvalue weighted by molar-refractivity contribution is 0.538. The fraction of sp³-hybridized carbons (Fsp3) is 0.407. The van der Waals surface area contributed by atoms with E-state index in [2.05, 4.69) is 38.1 Å². The van der Waals surface area contributed by atoms with Crippen LogP contribution in [0.15, 0.2) is 65.6 Å². The third kappa shape index (κ3) is 7.70. The molecule has 0 fully saturated rings. The van der Waals surface area contributed by atoms with Crippen molar-refractivity contribution in [1.82, 2.24) is 0 Å². The predicted octanol–water partition coefficient (Wildman–Crippen LogP) is 7.54. The second-order valence-corrected chi connectivity index (χ2v) is 8.80. The number of fused-ring (bicyclic) bond motifs is 1. The lowest BCUT2D eigenvalue weighted by atomic mass is 10.0. The highest BCUT2D eigenvalue weighted by atomic mass is 32.2. The molecule has 0 aliphatic rings. The van der Waals surface area contributed by atoms with E-state index < -0.39 is 11.1 Å². The van der Waals surface area contributed by atoms with Gasteiger partial charge in [-0.25, -0.2) is 0 Å². The second kappa shape index (κ2) is 13.4. The average molecular weight is 424 g/mol. The molecular formula is C27H35O2S-. The summed E-state index contributed by atoms with van der Waals surface area (Å²) < 4.78 is 21.9. The van der Waals surface area contributed by atoms with Gasteiger partial charge in [0.05, 0.1) is 0 Å². The van der Waals surface area contributed by atoms with Crippen molar-refractivity contribution in [2.45, 2.75) is 77.0 Å². The highest BCUT2D eigenvalue weighted by Crippen LogP contribution is 2.23.